The predicted octanol–water partition coefficient (Wildman–Crippen LogP) is 14.8. The van der Waals surface area contributed by atoms with Gasteiger partial charge in [-0.15, -0.1) is 0 Å². The Kier molecular flexibility index (Phi) is 8.60. The Hall–Kier alpha value is -8.08. The maximum Gasteiger partial charge on any atom is 0.138 e. The zero-order valence-corrected chi connectivity index (χ0v) is 33.9. The first-order valence-electron chi connectivity index (χ1n) is 21.3. The summed E-state index contributed by atoms with van der Waals surface area (Å²) in [4.78, 5) is 10.7. The number of nitrogens with zero attached hydrogens (tertiary/aromatic N) is 4. The third kappa shape index (κ3) is 6.15. The molecule has 0 fully saturated rings. The molecule has 1 aliphatic heterocycles. The number of hydrogen-bond acceptors (Lipinski definition) is 2. The highest BCUT2D eigenvalue weighted by molar-refractivity contribution is 6.16. The lowest BCUT2D eigenvalue weighted by molar-refractivity contribution is 0.730. The first-order valence-corrected chi connectivity index (χ1v) is 21.3. The van der Waals surface area contributed by atoms with Crippen molar-refractivity contribution in [1.29, 1.82) is 0 Å². The smallest absolute Gasteiger partial charge is 0.138 e. The lowest BCUT2D eigenvalue weighted by Gasteiger charge is -2.24. The lowest BCUT2D eigenvalue weighted by atomic mass is 9.96. The summed E-state index contributed by atoms with van der Waals surface area (Å²) >= 11 is 0. The Morgan fingerprint density at radius 3 is 1.50 bits per heavy atom. The van der Waals surface area contributed by atoms with E-state index in [1.807, 2.05) is 0 Å². The van der Waals surface area contributed by atoms with Crippen molar-refractivity contribution >= 4 is 55.0 Å². The molecule has 0 aliphatic carbocycles. The molecule has 0 saturated heterocycles. The number of aliphatic imine (C=N–C) groups is 1. The van der Waals surface area contributed by atoms with Crippen LogP contribution in [0.5, 0.6) is 0 Å². The number of allylic oxidation sites excluding steroid dienone is 1. The summed E-state index contributed by atoms with van der Waals surface area (Å²) in [6.07, 6.45) is 3.10. The van der Waals surface area contributed by atoms with Crippen LogP contribution in [0.3, 0.4) is 0 Å². The van der Waals surface area contributed by atoms with Crippen molar-refractivity contribution in [3.8, 4) is 39.3 Å². The van der Waals surface area contributed by atoms with Crippen molar-refractivity contribution in [3.05, 3.63) is 236 Å². The number of para-hydroxylation sites is 2. The molecular weight excluding hydrogens is 753 g/mol. The van der Waals surface area contributed by atoms with Crippen molar-refractivity contribution in [2.75, 3.05) is 0 Å². The normalized spacial score (nSPS) is 14.1. The Morgan fingerprint density at radius 1 is 0.371 bits per heavy atom. The van der Waals surface area contributed by atoms with Gasteiger partial charge in [-0.1, -0.05) is 170 Å². The molecule has 1 aliphatic rings. The van der Waals surface area contributed by atoms with Crippen molar-refractivity contribution in [2.45, 2.75) is 12.5 Å². The van der Waals surface area contributed by atoms with Crippen LogP contribution in [0.1, 0.15) is 23.6 Å². The summed E-state index contributed by atoms with van der Waals surface area (Å²) in [6.45, 7) is 0. The minimum atomic E-state index is 0.0108. The van der Waals surface area contributed by atoms with E-state index in [1.54, 1.807) is 0 Å². The number of rotatable bonds is 7. The maximum absolute atomic E-state index is 5.35. The highest BCUT2D eigenvalue weighted by Gasteiger charge is 2.24. The minimum absolute atomic E-state index is 0.0108. The number of pyridine rings is 1. The molecule has 292 valence electrons. The van der Waals surface area contributed by atoms with Crippen LogP contribution in [0.25, 0.3) is 88.6 Å². The fourth-order valence-corrected chi connectivity index (χ4v) is 9.50. The van der Waals surface area contributed by atoms with Crippen molar-refractivity contribution < 1.29 is 0 Å². The van der Waals surface area contributed by atoms with Crippen LogP contribution in [0.2, 0.25) is 0 Å². The second-order valence-corrected chi connectivity index (χ2v) is 16.1. The van der Waals surface area contributed by atoms with Crippen LogP contribution in [-0.2, 0) is 0 Å². The van der Waals surface area contributed by atoms with Crippen LogP contribution >= 0.6 is 0 Å². The molecule has 0 radical (unpaired) electrons. The summed E-state index contributed by atoms with van der Waals surface area (Å²) < 4.78 is 4.80. The minimum Gasteiger partial charge on any atom is -0.313 e. The van der Waals surface area contributed by atoms with Gasteiger partial charge in [0.2, 0.25) is 0 Å². The van der Waals surface area contributed by atoms with Gasteiger partial charge in [0.25, 0.3) is 0 Å². The number of benzene rings is 8. The molecule has 0 saturated carbocycles. The Morgan fingerprint density at radius 2 is 0.871 bits per heavy atom. The molecule has 4 heterocycles. The fraction of sp³-hybridized carbons (Fsp3) is 0.0345. The van der Waals surface area contributed by atoms with E-state index in [4.69, 9.17) is 9.98 Å². The Labute approximate surface area is 360 Å². The molecule has 0 amide bonds. The number of aromatic nitrogens is 3. The van der Waals surface area contributed by atoms with Gasteiger partial charge in [0.1, 0.15) is 5.82 Å². The highest BCUT2D eigenvalue weighted by atomic mass is 15.1. The van der Waals surface area contributed by atoms with Gasteiger partial charge in [0, 0.05) is 39.2 Å². The van der Waals surface area contributed by atoms with Crippen LogP contribution in [0.15, 0.2) is 229 Å². The number of hydrogen-bond donors (Lipinski definition) is 0. The third-order valence-electron chi connectivity index (χ3n) is 12.4. The van der Waals surface area contributed by atoms with E-state index in [1.165, 1.54) is 55.0 Å². The standard InChI is InChI=1S/C58H40N4/c1-5-17-39(18-6-1)45-35-51(40-19-7-2-8-20-40)60-58(36-45)62-55-28-16-14-26-48(55)50-34-44(30-32-57(50)62)43-29-31-56-49(33-43)47-25-13-15-27-54(47)61(56)46-37-52(41-21-9-3-10-22-41)59-53(38-46)42-23-11-4-12-24-42/h1-37,53H,38H2. The molecule has 62 heavy (non-hydrogen) atoms. The third-order valence-corrected chi connectivity index (χ3v) is 12.4. The molecule has 0 N–H and O–H groups in total. The summed E-state index contributed by atoms with van der Waals surface area (Å²) in [5, 5.41) is 4.86. The van der Waals surface area contributed by atoms with Crippen LogP contribution in [-0.4, -0.2) is 19.8 Å². The molecule has 8 aromatic carbocycles. The van der Waals surface area contributed by atoms with E-state index in [0.717, 1.165) is 56.9 Å². The van der Waals surface area contributed by atoms with E-state index in [-0.39, 0.29) is 6.04 Å². The first kappa shape index (κ1) is 35.8. The summed E-state index contributed by atoms with van der Waals surface area (Å²) in [6, 6.07) is 78.3. The topological polar surface area (TPSA) is 35.1 Å². The van der Waals surface area contributed by atoms with Gasteiger partial charge in [-0.3, -0.25) is 9.56 Å². The molecule has 4 heteroatoms. The van der Waals surface area contributed by atoms with Gasteiger partial charge in [0.05, 0.1) is 39.5 Å². The molecule has 1 atom stereocenters. The second kappa shape index (κ2) is 14.9. The molecular formula is C58H40N4. The van der Waals surface area contributed by atoms with E-state index in [0.29, 0.717) is 0 Å². The van der Waals surface area contributed by atoms with Crippen LogP contribution < -0.4 is 0 Å². The van der Waals surface area contributed by atoms with Crippen molar-refractivity contribution in [1.82, 2.24) is 14.1 Å². The van der Waals surface area contributed by atoms with Gasteiger partial charge in [-0.25, -0.2) is 4.98 Å². The van der Waals surface area contributed by atoms with Crippen molar-refractivity contribution in [2.24, 2.45) is 4.99 Å². The molecule has 1 unspecified atom stereocenters. The van der Waals surface area contributed by atoms with Crippen LogP contribution in [0.4, 0.5) is 0 Å². The van der Waals surface area contributed by atoms with Crippen LogP contribution in [0, 0.1) is 0 Å². The van der Waals surface area contributed by atoms with Crippen molar-refractivity contribution in [3.63, 3.8) is 0 Å². The largest absolute Gasteiger partial charge is 0.313 e. The average molecular weight is 793 g/mol. The molecule has 12 rings (SSSR count). The van der Waals surface area contributed by atoms with E-state index in [9.17, 15) is 0 Å². The highest BCUT2D eigenvalue weighted by Crippen LogP contribution is 2.41. The molecule has 4 nitrogen and oxygen atoms in total. The van der Waals surface area contributed by atoms with Gasteiger partial charge in [0.15, 0.2) is 0 Å². The monoisotopic (exact) mass is 792 g/mol. The first-order chi connectivity index (χ1) is 30.7. The molecule has 0 spiro atoms. The van der Waals surface area contributed by atoms with Gasteiger partial charge < -0.3 is 4.57 Å². The summed E-state index contributed by atoms with van der Waals surface area (Å²) in [5.74, 6) is 0.894. The molecule has 0 bridgehead atoms. The Bertz CT molecular complexity index is 3470. The summed E-state index contributed by atoms with van der Waals surface area (Å²) in [7, 11) is 0. The summed E-state index contributed by atoms with van der Waals surface area (Å²) in [5.41, 5.74) is 15.9. The number of dihydropyridines is 1. The zero-order valence-electron chi connectivity index (χ0n) is 33.9. The van der Waals surface area contributed by atoms with E-state index in [2.05, 4.69) is 234 Å². The average Bonchev–Trinajstić information content (AvgIpc) is 3.87. The molecule has 3 aromatic heterocycles. The zero-order chi connectivity index (χ0) is 41.0. The predicted molar refractivity (Wildman–Crippen MR) is 259 cm³/mol. The molecule has 11 aromatic rings. The van der Waals surface area contributed by atoms with E-state index < -0.39 is 0 Å². The quantitative estimate of drug-likeness (QED) is 0.158. The van der Waals surface area contributed by atoms with Gasteiger partial charge in [-0.05, 0) is 88.0 Å². The van der Waals surface area contributed by atoms with Gasteiger partial charge >= 0.3 is 0 Å². The number of fused-ring (bicyclic) bond motifs is 6. The second-order valence-electron chi connectivity index (χ2n) is 16.1. The van der Waals surface area contributed by atoms with E-state index >= 15 is 0 Å². The lowest BCUT2D eigenvalue weighted by Crippen LogP contribution is -2.13. The Balaban J connectivity index is 1.00. The maximum atomic E-state index is 5.35. The fourth-order valence-electron chi connectivity index (χ4n) is 9.50. The van der Waals surface area contributed by atoms with Gasteiger partial charge in [-0.2, -0.15) is 0 Å². The SMILES string of the molecule is C1=C(n2c3ccccc3c3cc(-c4ccc5c(c4)c4ccccc4n5-c4cc(-c5ccccc5)cc(-c5ccccc5)n4)ccc32)CC(c2ccccc2)N=C1c1ccccc1.